The van der Waals surface area contributed by atoms with Crippen molar-refractivity contribution in [1.82, 2.24) is 0 Å². The Kier molecular flexibility index (Phi) is 2.82. The number of hydrogen-bond acceptors (Lipinski definition) is 1. The second-order valence-corrected chi connectivity index (χ2v) is 5.54. The highest BCUT2D eigenvalue weighted by molar-refractivity contribution is 6.02. The van der Waals surface area contributed by atoms with Gasteiger partial charge < -0.3 is 4.90 Å². The van der Waals surface area contributed by atoms with Crippen LogP contribution >= 0.6 is 0 Å². The number of hydrogen-bond donors (Lipinski definition) is 0. The number of benzene rings is 1. The largest absolute Gasteiger partial charge is 0.308 e. The van der Waals surface area contributed by atoms with E-state index in [0.29, 0.717) is 0 Å². The summed E-state index contributed by atoms with van der Waals surface area (Å²) in [5, 5.41) is 0. The summed E-state index contributed by atoms with van der Waals surface area (Å²) >= 11 is 0. The van der Waals surface area contributed by atoms with E-state index >= 15 is 0 Å². The molecule has 2 nitrogen and oxygen atoms in total. The molecule has 0 radical (unpaired) electrons. The maximum Gasteiger partial charge on any atom is 0.250 e. The van der Waals surface area contributed by atoms with Crippen LogP contribution in [0, 0.1) is 0 Å². The summed E-state index contributed by atoms with van der Waals surface area (Å²) in [6.45, 7) is 10.9. The lowest BCUT2D eigenvalue weighted by atomic mass is 9.86. The van der Waals surface area contributed by atoms with Gasteiger partial charge in [0.2, 0.25) is 5.91 Å². The Morgan fingerprint density at radius 3 is 2.71 bits per heavy atom. The molecule has 0 aromatic heterocycles. The minimum atomic E-state index is -0.00481. The topological polar surface area (TPSA) is 20.3 Å². The van der Waals surface area contributed by atoms with Crippen LogP contribution in [0.1, 0.15) is 31.9 Å². The number of amides is 1. The average Bonchev–Trinajstić information content (AvgIpc) is 2.69. The second-order valence-electron chi connectivity index (χ2n) is 5.54. The molecule has 1 aliphatic heterocycles. The second kappa shape index (κ2) is 4.02. The van der Waals surface area contributed by atoms with Gasteiger partial charge in [-0.3, -0.25) is 4.79 Å². The van der Waals surface area contributed by atoms with Crippen molar-refractivity contribution in [2.45, 2.75) is 32.6 Å². The van der Waals surface area contributed by atoms with E-state index in [1.54, 1.807) is 0 Å². The molecule has 0 spiro atoms. The first-order valence-corrected chi connectivity index (χ1v) is 6.01. The lowest BCUT2D eigenvalue weighted by molar-refractivity contribution is -0.114. The van der Waals surface area contributed by atoms with Crippen molar-refractivity contribution in [1.29, 1.82) is 0 Å². The minimum Gasteiger partial charge on any atom is -0.308 e. The van der Waals surface area contributed by atoms with Crippen LogP contribution in [0.25, 0.3) is 0 Å². The van der Waals surface area contributed by atoms with Gasteiger partial charge in [-0.2, -0.15) is 0 Å². The van der Waals surface area contributed by atoms with Crippen molar-refractivity contribution in [2.75, 3.05) is 11.4 Å². The third-order valence-corrected chi connectivity index (χ3v) is 3.29. The van der Waals surface area contributed by atoms with Gasteiger partial charge in [-0.1, -0.05) is 39.5 Å². The van der Waals surface area contributed by atoms with Gasteiger partial charge in [-0.15, -0.1) is 0 Å². The number of anilines is 1. The van der Waals surface area contributed by atoms with Gasteiger partial charge in [0.25, 0.3) is 0 Å². The maximum absolute atomic E-state index is 11.7. The molecule has 17 heavy (non-hydrogen) atoms. The zero-order valence-electron chi connectivity index (χ0n) is 10.8. The van der Waals surface area contributed by atoms with Crippen LogP contribution in [0.3, 0.4) is 0 Å². The Morgan fingerprint density at radius 2 is 2.12 bits per heavy atom. The van der Waals surface area contributed by atoms with Gasteiger partial charge >= 0.3 is 0 Å². The summed E-state index contributed by atoms with van der Waals surface area (Å²) in [5.41, 5.74) is 3.69. The number of carbonyl (C=O) groups is 1. The molecule has 0 saturated carbocycles. The van der Waals surface area contributed by atoms with E-state index in [0.717, 1.165) is 18.7 Å². The van der Waals surface area contributed by atoms with Crippen LogP contribution in [0.5, 0.6) is 0 Å². The van der Waals surface area contributed by atoms with Gasteiger partial charge in [0, 0.05) is 12.2 Å². The average molecular weight is 229 g/mol. The summed E-state index contributed by atoms with van der Waals surface area (Å²) in [6.07, 6.45) is 2.33. The molecule has 1 aromatic rings. The van der Waals surface area contributed by atoms with Crippen molar-refractivity contribution in [3.8, 4) is 0 Å². The predicted octanol–water partition coefficient (Wildman–Crippen LogP) is 3.06. The van der Waals surface area contributed by atoms with Crippen molar-refractivity contribution in [3.63, 3.8) is 0 Å². The maximum atomic E-state index is 11.7. The van der Waals surface area contributed by atoms with Gasteiger partial charge in [0.05, 0.1) is 0 Å². The van der Waals surface area contributed by atoms with E-state index in [9.17, 15) is 4.79 Å². The zero-order valence-corrected chi connectivity index (χ0v) is 10.8. The predicted molar refractivity (Wildman–Crippen MR) is 71.4 cm³/mol. The highest BCUT2D eigenvalue weighted by Crippen LogP contribution is 2.33. The third-order valence-electron chi connectivity index (χ3n) is 3.29. The fourth-order valence-electron chi connectivity index (χ4n) is 2.18. The monoisotopic (exact) mass is 229 g/mol. The molecule has 1 amide bonds. The van der Waals surface area contributed by atoms with Crippen molar-refractivity contribution in [3.05, 3.63) is 42.0 Å². The highest BCUT2D eigenvalue weighted by Gasteiger charge is 2.25. The molecule has 1 aromatic carbocycles. The highest BCUT2D eigenvalue weighted by atomic mass is 16.2. The summed E-state index contributed by atoms with van der Waals surface area (Å²) < 4.78 is 0. The van der Waals surface area contributed by atoms with Crippen LogP contribution in [-0.2, 0) is 16.6 Å². The molecular formula is C15H19NO. The lowest BCUT2D eigenvalue weighted by Crippen LogP contribution is -2.27. The molecule has 2 heteroatoms. The normalized spacial score (nSPS) is 14.6. The summed E-state index contributed by atoms with van der Waals surface area (Å²) in [5.74, 6) is -0.00481. The first-order chi connectivity index (χ1) is 7.93. The Balaban J connectivity index is 2.44. The van der Waals surface area contributed by atoms with E-state index in [2.05, 4.69) is 45.5 Å². The van der Waals surface area contributed by atoms with Gasteiger partial charge in [-0.05, 0) is 35.1 Å². The van der Waals surface area contributed by atoms with E-state index in [1.807, 2.05) is 4.90 Å². The quantitative estimate of drug-likeness (QED) is 0.678. The number of nitrogens with zero attached hydrogens (tertiary/aromatic N) is 1. The summed E-state index contributed by atoms with van der Waals surface area (Å²) in [4.78, 5) is 13.6. The summed E-state index contributed by atoms with van der Waals surface area (Å²) in [6, 6.07) is 6.46. The van der Waals surface area contributed by atoms with Gasteiger partial charge in [0.15, 0.2) is 0 Å². The number of carbonyl (C=O) groups excluding carboxylic acids is 1. The number of fused-ring (bicyclic) bond motifs is 1. The molecule has 0 aliphatic carbocycles. The summed E-state index contributed by atoms with van der Waals surface area (Å²) in [7, 11) is 0. The molecule has 0 bridgehead atoms. The van der Waals surface area contributed by atoms with E-state index in [4.69, 9.17) is 0 Å². The zero-order chi connectivity index (χ0) is 12.6. The van der Waals surface area contributed by atoms with E-state index in [1.165, 1.54) is 17.2 Å². The van der Waals surface area contributed by atoms with Crippen molar-refractivity contribution >= 4 is 11.6 Å². The molecule has 1 aliphatic rings. The fourth-order valence-corrected chi connectivity index (χ4v) is 2.18. The molecule has 0 atom stereocenters. The van der Waals surface area contributed by atoms with E-state index in [-0.39, 0.29) is 11.3 Å². The molecule has 2 rings (SSSR count). The first-order valence-electron chi connectivity index (χ1n) is 6.01. The lowest BCUT2D eigenvalue weighted by Gasteiger charge is -2.22. The molecule has 0 saturated heterocycles. The van der Waals surface area contributed by atoms with Gasteiger partial charge in [0.1, 0.15) is 0 Å². The molecule has 90 valence electrons. The molecular weight excluding hydrogens is 210 g/mol. The van der Waals surface area contributed by atoms with Crippen LogP contribution < -0.4 is 4.90 Å². The smallest absolute Gasteiger partial charge is 0.250 e. The van der Waals surface area contributed by atoms with Crippen LogP contribution in [0.4, 0.5) is 5.69 Å². The standard InChI is InChI=1S/C15H19NO/c1-5-14(17)16-9-8-11-6-7-12(10-13(11)16)15(2,3)4/h5-7,10H,1,8-9H2,2-4H3. The van der Waals surface area contributed by atoms with E-state index < -0.39 is 0 Å². The Hall–Kier alpha value is -1.57. The first kappa shape index (κ1) is 11.9. The van der Waals surface area contributed by atoms with Gasteiger partial charge in [-0.25, -0.2) is 0 Å². The molecule has 0 unspecified atom stereocenters. The minimum absolute atomic E-state index is 0.00481. The molecule has 1 heterocycles. The van der Waals surface area contributed by atoms with Crippen LogP contribution in [0.15, 0.2) is 30.9 Å². The SMILES string of the molecule is C=CC(=O)N1CCc2ccc(C(C)(C)C)cc21. The van der Waals surface area contributed by atoms with Crippen LogP contribution in [-0.4, -0.2) is 12.5 Å². The number of rotatable bonds is 1. The Bertz CT molecular complexity index is 468. The molecule has 0 N–H and O–H groups in total. The Labute approximate surface area is 103 Å². The van der Waals surface area contributed by atoms with Crippen LogP contribution in [0.2, 0.25) is 0 Å². The molecule has 0 fully saturated rings. The third kappa shape index (κ3) is 2.12. The fraction of sp³-hybridized carbons (Fsp3) is 0.400. The van der Waals surface area contributed by atoms with Crippen molar-refractivity contribution in [2.24, 2.45) is 0 Å². The Morgan fingerprint density at radius 1 is 1.41 bits per heavy atom. The van der Waals surface area contributed by atoms with Crippen molar-refractivity contribution < 1.29 is 4.79 Å².